The Labute approximate surface area is 215 Å². The van der Waals surface area contributed by atoms with Gasteiger partial charge in [-0.1, -0.05) is 37.7 Å². The van der Waals surface area contributed by atoms with Gasteiger partial charge in [0.25, 0.3) is 5.22 Å². The summed E-state index contributed by atoms with van der Waals surface area (Å²) in [6.45, 7) is 7.27. The molecule has 0 saturated carbocycles. The smallest absolute Gasteiger partial charge is 0.277 e. The lowest BCUT2D eigenvalue weighted by atomic mass is 10.2. The van der Waals surface area contributed by atoms with Crippen molar-refractivity contribution in [2.75, 3.05) is 55.4 Å². The number of carbonyl (C=O) groups is 1. The minimum Gasteiger partial charge on any atom is -0.411 e. The van der Waals surface area contributed by atoms with Gasteiger partial charge < -0.3 is 19.4 Å². The fourth-order valence-electron chi connectivity index (χ4n) is 3.84. The van der Waals surface area contributed by atoms with E-state index in [0.717, 1.165) is 36.2 Å². The number of anilines is 2. The van der Waals surface area contributed by atoms with E-state index in [-0.39, 0.29) is 27.7 Å². The van der Waals surface area contributed by atoms with Gasteiger partial charge in [-0.05, 0) is 36.4 Å². The second kappa shape index (κ2) is 11.9. The molecule has 0 unspecified atom stereocenters. The normalized spacial score (nSPS) is 14.2. The first-order chi connectivity index (χ1) is 17.4. The fourth-order valence-corrected chi connectivity index (χ4v) is 5.86. The lowest BCUT2D eigenvalue weighted by molar-refractivity contribution is -0.113. The van der Waals surface area contributed by atoms with Crippen LogP contribution >= 0.6 is 11.8 Å². The maximum Gasteiger partial charge on any atom is 0.277 e. The fraction of sp³-hybridized carbons (Fsp3) is 0.375. The number of amides is 1. The molecule has 192 valence electrons. The molecule has 1 aromatic heterocycles. The first-order valence-corrected chi connectivity index (χ1v) is 14.1. The maximum absolute atomic E-state index is 12.7. The standard InChI is InChI=1S/C24H29N5O5S2/c1-3-29(4-2)36(31,32)19-11-9-18(10-12-19)23-26-27-24(34-23)35-17-22(30)25-20-7-5-6-8-21(20)28-13-15-33-16-14-28/h5-12H,3-4,13-17H2,1-2H3,(H,25,30). The monoisotopic (exact) mass is 531 g/mol. The Hall–Kier alpha value is -2.93. The Morgan fingerprint density at radius 2 is 1.75 bits per heavy atom. The van der Waals surface area contributed by atoms with Gasteiger partial charge in [0.15, 0.2) is 0 Å². The highest BCUT2D eigenvalue weighted by Crippen LogP contribution is 2.28. The molecule has 1 saturated heterocycles. The third kappa shape index (κ3) is 6.06. The van der Waals surface area contributed by atoms with E-state index in [4.69, 9.17) is 9.15 Å². The van der Waals surface area contributed by atoms with E-state index >= 15 is 0 Å². The van der Waals surface area contributed by atoms with E-state index in [1.807, 2.05) is 24.3 Å². The number of aromatic nitrogens is 2. The highest BCUT2D eigenvalue weighted by atomic mass is 32.2. The average Bonchev–Trinajstić information content (AvgIpc) is 3.38. The van der Waals surface area contributed by atoms with Gasteiger partial charge in [-0.15, -0.1) is 10.2 Å². The summed E-state index contributed by atoms with van der Waals surface area (Å²) in [4.78, 5) is 15.0. The Balaban J connectivity index is 1.36. The number of hydrogen-bond acceptors (Lipinski definition) is 9. The number of nitrogens with one attached hydrogen (secondary N) is 1. The van der Waals surface area contributed by atoms with Gasteiger partial charge in [0.2, 0.25) is 21.8 Å². The third-order valence-electron chi connectivity index (χ3n) is 5.71. The van der Waals surface area contributed by atoms with Gasteiger partial charge in [-0.2, -0.15) is 4.31 Å². The molecule has 1 fully saturated rings. The number of para-hydroxylation sites is 2. The molecule has 0 spiro atoms. The van der Waals surface area contributed by atoms with Crippen LogP contribution in [0.1, 0.15) is 13.8 Å². The van der Waals surface area contributed by atoms with Gasteiger partial charge in [-0.3, -0.25) is 4.79 Å². The lowest BCUT2D eigenvalue weighted by Crippen LogP contribution is -2.36. The SMILES string of the molecule is CCN(CC)S(=O)(=O)c1ccc(-c2nnc(SCC(=O)Nc3ccccc3N3CCOCC3)o2)cc1. The van der Waals surface area contributed by atoms with E-state index in [1.54, 1.807) is 26.0 Å². The van der Waals surface area contributed by atoms with Crippen molar-refractivity contribution in [1.29, 1.82) is 0 Å². The first kappa shape index (κ1) is 26.1. The van der Waals surface area contributed by atoms with Gasteiger partial charge in [0.1, 0.15) is 0 Å². The molecule has 2 heterocycles. The molecule has 12 heteroatoms. The van der Waals surface area contributed by atoms with Crippen LogP contribution in [0.4, 0.5) is 11.4 Å². The summed E-state index contributed by atoms with van der Waals surface area (Å²) in [6.07, 6.45) is 0. The summed E-state index contributed by atoms with van der Waals surface area (Å²) in [7, 11) is -3.54. The van der Waals surface area contributed by atoms with Crippen LogP contribution in [0.2, 0.25) is 0 Å². The number of hydrogen-bond donors (Lipinski definition) is 1. The van der Waals surface area contributed by atoms with E-state index in [2.05, 4.69) is 20.4 Å². The molecule has 0 atom stereocenters. The van der Waals surface area contributed by atoms with Crippen molar-refractivity contribution in [1.82, 2.24) is 14.5 Å². The minimum absolute atomic E-state index is 0.0974. The molecule has 3 aromatic rings. The highest BCUT2D eigenvalue weighted by Gasteiger charge is 2.22. The number of carbonyl (C=O) groups excluding carboxylic acids is 1. The molecule has 1 aliphatic rings. The zero-order chi connectivity index (χ0) is 25.5. The minimum atomic E-state index is -3.54. The number of benzene rings is 2. The van der Waals surface area contributed by atoms with Crippen LogP contribution in [0.15, 0.2) is 63.1 Å². The summed E-state index contributed by atoms with van der Waals surface area (Å²) in [5.41, 5.74) is 2.30. The van der Waals surface area contributed by atoms with Gasteiger partial charge in [0.05, 0.1) is 35.2 Å². The number of rotatable bonds is 10. The van der Waals surface area contributed by atoms with E-state index in [9.17, 15) is 13.2 Å². The molecule has 36 heavy (non-hydrogen) atoms. The Bertz CT molecular complexity index is 1270. The molecule has 0 radical (unpaired) electrons. The summed E-state index contributed by atoms with van der Waals surface area (Å²) in [6, 6.07) is 14.0. The Morgan fingerprint density at radius 3 is 2.44 bits per heavy atom. The van der Waals surface area contributed by atoms with Crippen molar-refractivity contribution < 1.29 is 22.4 Å². The van der Waals surface area contributed by atoms with Crippen molar-refractivity contribution >= 4 is 39.1 Å². The van der Waals surface area contributed by atoms with Crippen LogP contribution in [-0.4, -0.2) is 74.0 Å². The van der Waals surface area contributed by atoms with E-state index in [1.165, 1.54) is 16.4 Å². The van der Waals surface area contributed by atoms with Crippen LogP contribution in [-0.2, 0) is 19.6 Å². The molecular formula is C24H29N5O5S2. The lowest BCUT2D eigenvalue weighted by Gasteiger charge is -2.30. The quantitative estimate of drug-likeness (QED) is 0.393. The molecule has 0 bridgehead atoms. The summed E-state index contributed by atoms with van der Waals surface area (Å²) in [5, 5.41) is 11.3. The molecule has 0 aliphatic carbocycles. The Kier molecular flexibility index (Phi) is 8.62. The van der Waals surface area contributed by atoms with Crippen LogP contribution in [0.3, 0.4) is 0 Å². The molecule has 4 rings (SSSR count). The van der Waals surface area contributed by atoms with Gasteiger partial charge >= 0.3 is 0 Å². The summed E-state index contributed by atoms with van der Waals surface area (Å²) >= 11 is 1.13. The molecule has 1 aliphatic heterocycles. The Morgan fingerprint density at radius 1 is 1.06 bits per heavy atom. The number of morpholine rings is 1. The van der Waals surface area contributed by atoms with Gasteiger partial charge in [-0.25, -0.2) is 8.42 Å². The third-order valence-corrected chi connectivity index (χ3v) is 8.59. The summed E-state index contributed by atoms with van der Waals surface area (Å²) < 4.78 is 37.8. The molecule has 1 amide bonds. The largest absolute Gasteiger partial charge is 0.411 e. The van der Waals surface area contributed by atoms with Crippen LogP contribution < -0.4 is 10.2 Å². The molecule has 10 nitrogen and oxygen atoms in total. The zero-order valence-corrected chi connectivity index (χ0v) is 21.8. The second-order valence-corrected chi connectivity index (χ2v) is 10.8. The number of sulfonamides is 1. The molecular weight excluding hydrogens is 502 g/mol. The first-order valence-electron chi connectivity index (χ1n) is 11.7. The van der Waals surface area contributed by atoms with Crippen LogP contribution in [0.5, 0.6) is 0 Å². The highest BCUT2D eigenvalue weighted by molar-refractivity contribution is 7.99. The topological polar surface area (TPSA) is 118 Å². The van der Waals surface area contributed by atoms with E-state index in [0.29, 0.717) is 31.9 Å². The predicted octanol–water partition coefficient (Wildman–Crippen LogP) is 3.33. The van der Waals surface area contributed by atoms with Crippen LogP contribution in [0, 0.1) is 0 Å². The van der Waals surface area contributed by atoms with E-state index < -0.39 is 10.0 Å². The molecule has 2 aromatic carbocycles. The number of nitrogens with zero attached hydrogens (tertiary/aromatic N) is 4. The van der Waals surface area contributed by atoms with Crippen molar-refractivity contribution in [3.05, 3.63) is 48.5 Å². The number of thioether (sulfide) groups is 1. The van der Waals surface area contributed by atoms with Crippen molar-refractivity contribution in [2.45, 2.75) is 24.0 Å². The molecule has 1 N–H and O–H groups in total. The van der Waals surface area contributed by atoms with Crippen molar-refractivity contribution in [2.24, 2.45) is 0 Å². The zero-order valence-electron chi connectivity index (χ0n) is 20.2. The second-order valence-electron chi connectivity index (χ2n) is 7.94. The van der Waals surface area contributed by atoms with Crippen LogP contribution in [0.25, 0.3) is 11.5 Å². The van der Waals surface area contributed by atoms with Crippen molar-refractivity contribution in [3.63, 3.8) is 0 Å². The maximum atomic E-state index is 12.7. The number of ether oxygens (including phenoxy) is 1. The van der Waals surface area contributed by atoms with Gasteiger partial charge in [0, 0.05) is 31.7 Å². The summed E-state index contributed by atoms with van der Waals surface area (Å²) in [5.74, 6) is 0.161. The predicted molar refractivity (Wildman–Crippen MR) is 139 cm³/mol. The van der Waals surface area contributed by atoms with Crippen molar-refractivity contribution in [3.8, 4) is 11.5 Å². The average molecular weight is 532 g/mol.